The Balaban J connectivity index is 3.03. The van der Waals surface area contributed by atoms with E-state index in [1.165, 1.54) is 0 Å². The fourth-order valence-corrected chi connectivity index (χ4v) is 2.53. The van der Waals surface area contributed by atoms with Gasteiger partial charge in [-0.05, 0) is 31.6 Å². The molecule has 0 fully saturated rings. The minimum absolute atomic E-state index is 0.557. The van der Waals surface area contributed by atoms with Gasteiger partial charge >= 0.3 is 5.97 Å². The molecule has 1 aromatic rings. The zero-order chi connectivity index (χ0) is 15.0. The van der Waals surface area contributed by atoms with Crippen LogP contribution in [0.5, 0.6) is 0 Å². The standard InChI is InChI=1S/C16H26N2O2/c1-4-17-16(15(19)20,12-13-18(5-2)6-3)14-10-8-7-9-11-14/h7-11,17H,4-6,12-13H2,1-3H3,(H,19,20). The molecule has 2 N–H and O–H groups in total. The van der Waals surface area contributed by atoms with Gasteiger partial charge in [0.25, 0.3) is 0 Å². The molecule has 1 unspecified atom stereocenters. The highest BCUT2D eigenvalue weighted by molar-refractivity contribution is 5.80. The molecular formula is C16H26N2O2. The third-order valence-electron chi connectivity index (χ3n) is 3.81. The van der Waals surface area contributed by atoms with Crippen LogP contribution < -0.4 is 5.32 Å². The third-order valence-corrected chi connectivity index (χ3v) is 3.81. The van der Waals surface area contributed by atoms with Crippen LogP contribution in [0.2, 0.25) is 0 Å². The predicted molar refractivity (Wildman–Crippen MR) is 81.8 cm³/mol. The second-order valence-corrected chi connectivity index (χ2v) is 4.88. The highest BCUT2D eigenvalue weighted by Crippen LogP contribution is 2.26. The average molecular weight is 278 g/mol. The summed E-state index contributed by atoms with van der Waals surface area (Å²) in [4.78, 5) is 14.2. The van der Waals surface area contributed by atoms with Gasteiger partial charge in [-0.25, -0.2) is 4.79 Å². The Morgan fingerprint density at radius 2 is 1.80 bits per heavy atom. The van der Waals surface area contributed by atoms with Gasteiger partial charge in [0.05, 0.1) is 0 Å². The summed E-state index contributed by atoms with van der Waals surface area (Å²) < 4.78 is 0. The molecule has 1 aromatic carbocycles. The molecule has 4 heteroatoms. The van der Waals surface area contributed by atoms with E-state index in [-0.39, 0.29) is 0 Å². The summed E-state index contributed by atoms with van der Waals surface area (Å²) in [6.07, 6.45) is 0.557. The van der Waals surface area contributed by atoms with E-state index in [0.29, 0.717) is 13.0 Å². The number of aliphatic carboxylic acids is 1. The maximum atomic E-state index is 11.9. The van der Waals surface area contributed by atoms with Crippen molar-refractivity contribution >= 4 is 5.97 Å². The quantitative estimate of drug-likeness (QED) is 0.728. The van der Waals surface area contributed by atoms with E-state index < -0.39 is 11.5 Å². The Labute approximate surface area is 121 Å². The van der Waals surface area contributed by atoms with E-state index >= 15 is 0 Å². The smallest absolute Gasteiger partial charge is 0.328 e. The number of carboxylic acid groups (broad SMARTS) is 1. The summed E-state index contributed by atoms with van der Waals surface area (Å²) >= 11 is 0. The normalized spacial score (nSPS) is 14.2. The molecule has 0 aliphatic heterocycles. The lowest BCUT2D eigenvalue weighted by molar-refractivity contribution is -0.146. The van der Waals surface area contributed by atoms with Gasteiger partial charge in [0.1, 0.15) is 5.54 Å². The zero-order valence-corrected chi connectivity index (χ0v) is 12.7. The fourth-order valence-electron chi connectivity index (χ4n) is 2.53. The van der Waals surface area contributed by atoms with Crippen molar-refractivity contribution in [3.8, 4) is 0 Å². The lowest BCUT2D eigenvalue weighted by Crippen LogP contribution is -2.51. The van der Waals surface area contributed by atoms with Crippen LogP contribution in [0.25, 0.3) is 0 Å². The van der Waals surface area contributed by atoms with Crippen molar-refractivity contribution in [3.05, 3.63) is 35.9 Å². The van der Waals surface area contributed by atoms with Gasteiger partial charge in [0, 0.05) is 6.54 Å². The number of likely N-dealkylation sites (N-methyl/N-ethyl adjacent to an activating group) is 1. The van der Waals surface area contributed by atoms with Crippen LogP contribution in [-0.2, 0) is 10.3 Å². The molecule has 0 aliphatic rings. The number of hydrogen-bond donors (Lipinski definition) is 2. The predicted octanol–water partition coefficient (Wildman–Crippen LogP) is 2.31. The summed E-state index contributed by atoms with van der Waals surface area (Å²) in [5.74, 6) is -0.808. The molecular weight excluding hydrogens is 252 g/mol. The second-order valence-electron chi connectivity index (χ2n) is 4.88. The van der Waals surface area contributed by atoms with Crippen molar-refractivity contribution in [2.45, 2.75) is 32.7 Å². The van der Waals surface area contributed by atoms with Gasteiger partial charge in [-0.2, -0.15) is 0 Å². The molecule has 0 bridgehead atoms. The van der Waals surface area contributed by atoms with Gasteiger partial charge in [-0.3, -0.25) is 5.32 Å². The maximum absolute atomic E-state index is 11.9. The summed E-state index contributed by atoms with van der Waals surface area (Å²) in [5.41, 5.74) is -0.181. The molecule has 0 saturated carbocycles. The number of rotatable bonds is 9. The number of benzene rings is 1. The Morgan fingerprint density at radius 1 is 1.20 bits per heavy atom. The van der Waals surface area contributed by atoms with Crippen molar-refractivity contribution in [1.29, 1.82) is 0 Å². The number of nitrogens with one attached hydrogen (secondary N) is 1. The Morgan fingerprint density at radius 3 is 2.25 bits per heavy atom. The first-order chi connectivity index (χ1) is 9.60. The Bertz CT molecular complexity index is 404. The van der Waals surface area contributed by atoms with E-state index in [1.54, 1.807) is 0 Å². The largest absolute Gasteiger partial charge is 0.480 e. The van der Waals surface area contributed by atoms with Gasteiger partial charge in [-0.1, -0.05) is 51.1 Å². The summed E-state index contributed by atoms with van der Waals surface area (Å²) in [6, 6.07) is 9.47. The first-order valence-electron chi connectivity index (χ1n) is 7.37. The number of hydrogen-bond acceptors (Lipinski definition) is 3. The summed E-state index contributed by atoms with van der Waals surface area (Å²) in [7, 11) is 0. The summed E-state index contributed by atoms with van der Waals surface area (Å²) in [5, 5.41) is 13.0. The molecule has 4 nitrogen and oxygen atoms in total. The third kappa shape index (κ3) is 3.81. The van der Waals surface area contributed by atoms with Crippen LogP contribution in [0.3, 0.4) is 0 Å². The molecule has 0 heterocycles. The topological polar surface area (TPSA) is 52.6 Å². The minimum atomic E-state index is -1.00. The molecule has 1 rings (SSSR count). The average Bonchev–Trinajstić information content (AvgIpc) is 2.47. The monoisotopic (exact) mass is 278 g/mol. The Kier molecular flexibility index (Phi) is 6.68. The van der Waals surface area contributed by atoms with Gasteiger partial charge < -0.3 is 10.0 Å². The van der Waals surface area contributed by atoms with Crippen LogP contribution in [0, 0.1) is 0 Å². The summed E-state index contributed by atoms with van der Waals surface area (Å²) in [6.45, 7) is 9.41. The number of carbonyl (C=O) groups is 1. The van der Waals surface area contributed by atoms with E-state index in [9.17, 15) is 9.90 Å². The zero-order valence-electron chi connectivity index (χ0n) is 12.7. The van der Waals surface area contributed by atoms with Crippen LogP contribution in [0.15, 0.2) is 30.3 Å². The van der Waals surface area contributed by atoms with Crippen molar-refractivity contribution in [3.63, 3.8) is 0 Å². The molecule has 20 heavy (non-hydrogen) atoms. The lowest BCUT2D eigenvalue weighted by Gasteiger charge is -2.33. The van der Waals surface area contributed by atoms with Crippen LogP contribution in [0.1, 0.15) is 32.8 Å². The number of nitrogens with zero attached hydrogens (tertiary/aromatic N) is 1. The van der Waals surface area contributed by atoms with Crippen molar-refractivity contribution in [1.82, 2.24) is 10.2 Å². The molecule has 112 valence electrons. The fraction of sp³-hybridized carbons (Fsp3) is 0.562. The van der Waals surface area contributed by atoms with E-state index in [2.05, 4.69) is 24.1 Å². The molecule has 0 radical (unpaired) electrons. The van der Waals surface area contributed by atoms with Crippen LogP contribution >= 0.6 is 0 Å². The van der Waals surface area contributed by atoms with Crippen molar-refractivity contribution < 1.29 is 9.90 Å². The highest BCUT2D eigenvalue weighted by atomic mass is 16.4. The van der Waals surface area contributed by atoms with Crippen molar-refractivity contribution in [2.24, 2.45) is 0 Å². The molecule has 0 aromatic heterocycles. The second kappa shape index (κ2) is 8.02. The van der Waals surface area contributed by atoms with E-state index in [4.69, 9.17) is 0 Å². The molecule has 0 spiro atoms. The SMILES string of the molecule is CCNC(CCN(CC)CC)(C(=O)O)c1ccccc1. The Hall–Kier alpha value is -1.39. The highest BCUT2D eigenvalue weighted by Gasteiger charge is 2.39. The first-order valence-corrected chi connectivity index (χ1v) is 7.37. The van der Waals surface area contributed by atoms with Gasteiger partial charge in [-0.15, -0.1) is 0 Å². The minimum Gasteiger partial charge on any atom is -0.480 e. The van der Waals surface area contributed by atoms with Crippen molar-refractivity contribution in [2.75, 3.05) is 26.2 Å². The van der Waals surface area contributed by atoms with E-state index in [0.717, 1.165) is 25.2 Å². The maximum Gasteiger partial charge on any atom is 0.328 e. The van der Waals surface area contributed by atoms with E-state index in [1.807, 2.05) is 37.3 Å². The van der Waals surface area contributed by atoms with Gasteiger partial charge in [0.2, 0.25) is 0 Å². The molecule has 1 atom stereocenters. The molecule has 0 aliphatic carbocycles. The van der Waals surface area contributed by atoms with Crippen LogP contribution in [0.4, 0.5) is 0 Å². The first kappa shape index (κ1) is 16.7. The van der Waals surface area contributed by atoms with Gasteiger partial charge in [0.15, 0.2) is 0 Å². The molecule has 0 amide bonds. The number of carboxylic acids is 1. The molecule has 0 saturated heterocycles. The van der Waals surface area contributed by atoms with Crippen LogP contribution in [-0.4, -0.2) is 42.2 Å². The lowest BCUT2D eigenvalue weighted by atomic mass is 9.86.